The Hall–Kier alpha value is -1.76. The smallest absolute Gasteiger partial charge is 0.306 e. The second kappa shape index (κ2) is 25.3. The molecule has 2 saturated heterocycles. The van der Waals surface area contributed by atoms with Crippen LogP contribution < -0.4 is 0 Å². The van der Waals surface area contributed by atoms with Crippen molar-refractivity contribution in [2.75, 3.05) is 26.4 Å². The number of aliphatic hydroxyl groups is 7. The Kier molecular flexibility index (Phi) is 22.4. The fraction of sp³-hybridized carbons (Fsp3) is 0.886. The Balaban J connectivity index is 1.87. The zero-order valence-corrected chi connectivity index (χ0v) is 29.6. The summed E-state index contributed by atoms with van der Waals surface area (Å²) in [7, 11) is 0. The highest BCUT2D eigenvalue weighted by Crippen LogP contribution is 2.26. The second-order valence-electron chi connectivity index (χ2n) is 13.1. The average molecular weight is 723 g/mol. The molecule has 0 spiro atoms. The largest absolute Gasteiger partial charge is 0.462 e. The van der Waals surface area contributed by atoms with E-state index >= 15 is 0 Å². The fourth-order valence-corrected chi connectivity index (χ4v) is 5.54. The molecular weight excluding hydrogens is 660 g/mol. The van der Waals surface area contributed by atoms with Gasteiger partial charge < -0.3 is 64.2 Å². The van der Waals surface area contributed by atoms with Crippen LogP contribution in [0.5, 0.6) is 0 Å². The maximum absolute atomic E-state index is 12.7. The minimum absolute atomic E-state index is 0.155. The van der Waals surface area contributed by atoms with Gasteiger partial charge in [0.1, 0.15) is 55.4 Å². The van der Waals surface area contributed by atoms with Crippen LogP contribution in [0.2, 0.25) is 0 Å². The van der Waals surface area contributed by atoms with Crippen LogP contribution >= 0.6 is 0 Å². The zero-order valence-electron chi connectivity index (χ0n) is 29.6. The first-order valence-electron chi connectivity index (χ1n) is 18.3. The summed E-state index contributed by atoms with van der Waals surface area (Å²) in [6.07, 6.45) is -0.0721. The van der Waals surface area contributed by atoms with Gasteiger partial charge in [0.05, 0.1) is 19.8 Å². The van der Waals surface area contributed by atoms with Crippen LogP contribution in [0.3, 0.4) is 0 Å². The van der Waals surface area contributed by atoms with Crippen molar-refractivity contribution in [2.45, 2.75) is 171 Å². The van der Waals surface area contributed by atoms with Crippen LogP contribution in [0.4, 0.5) is 0 Å². The van der Waals surface area contributed by atoms with Crippen molar-refractivity contribution in [3.63, 3.8) is 0 Å². The van der Waals surface area contributed by atoms with Crippen molar-refractivity contribution in [3.05, 3.63) is 12.2 Å². The number of ether oxygens (including phenoxy) is 6. The summed E-state index contributed by atoms with van der Waals surface area (Å²) >= 11 is 0. The second-order valence-corrected chi connectivity index (χ2v) is 13.1. The Labute approximate surface area is 295 Å². The van der Waals surface area contributed by atoms with Gasteiger partial charge in [0.25, 0.3) is 0 Å². The molecule has 292 valence electrons. The Morgan fingerprint density at radius 3 is 1.80 bits per heavy atom. The number of hydrogen-bond donors (Lipinski definition) is 7. The van der Waals surface area contributed by atoms with Gasteiger partial charge >= 0.3 is 11.9 Å². The lowest BCUT2D eigenvalue weighted by Gasteiger charge is -2.42. The van der Waals surface area contributed by atoms with Gasteiger partial charge in [-0.3, -0.25) is 9.59 Å². The van der Waals surface area contributed by atoms with Gasteiger partial charge in [-0.25, -0.2) is 0 Å². The van der Waals surface area contributed by atoms with E-state index in [4.69, 9.17) is 28.4 Å². The van der Waals surface area contributed by atoms with Gasteiger partial charge in [0.2, 0.25) is 0 Å². The molecule has 2 fully saturated rings. The molecular formula is C35H62O15. The van der Waals surface area contributed by atoms with E-state index in [-0.39, 0.29) is 26.1 Å². The minimum Gasteiger partial charge on any atom is -0.462 e. The van der Waals surface area contributed by atoms with Crippen LogP contribution in [-0.2, 0) is 38.0 Å². The van der Waals surface area contributed by atoms with Gasteiger partial charge in [-0.05, 0) is 38.5 Å². The lowest BCUT2D eigenvalue weighted by atomic mass is 9.98. The number of hydrogen-bond acceptors (Lipinski definition) is 15. The van der Waals surface area contributed by atoms with Crippen molar-refractivity contribution < 1.29 is 73.8 Å². The maximum Gasteiger partial charge on any atom is 0.306 e. The molecule has 0 saturated carbocycles. The van der Waals surface area contributed by atoms with Crippen LogP contribution in [0.1, 0.15) is 104 Å². The molecule has 0 aromatic carbocycles. The number of carbonyl (C=O) groups excluding carboxylic acids is 2. The summed E-state index contributed by atoms with van der Waals surface area (Å²) in [4.78, 5) is 24.8. The highest BCUT2D eigenvalue weighted by molar-refractivity contribution is 5.70. The van der Waals surface area contributed by atoms with Crippen molar-refractivity contribution >= 4 is 11.9 Å². The molecule has 15 nitrogen and oxygen atoms in total. The molecule has 2 aliphatic heterocycles. The molecule has 0 amide bonds. The van der Waals surface area contributed by atoms with E-state index in [0.29, 0.717) is 12.8 Å². The topological polar surface area (TPSA) is 231 Å². The summed E-state index contributed by atoms with van der Waals surface area (Å²) in [5.41, 5.74) is 0. The van der Waals surface area contributed by atoms with Gasteiger partial charge in [0.15, 0.2) is 18.7 Å². The lowest BCUT2D eigenvalue weighted by Crippen LogP contribution is -2.61. The Bertz CT molecular complexity index is 949. The van der Waals surface area contributed by atoms with Crippen LogP contribution in [0.15, 0.2) is 12.2 Å². The molecule has 2 heterocycles. The third-order valence-electron chi connectivity index (χ3n) is 8.74. The van der Waals surface area contributed by atoms with E-state index < -0.39 is 92.7 Å². The molecule has 0 aromatic heterocycles. The summed E-state index contributed by atoms with van der Waals surface area (Å²) in [5.74, 6) is -0.980. The quantitative estimate of drug-likeness (QED) is 0.0398. The molecule has 11 atom stereocenters. The van der Waals surface area contributed by atoms with Crippen molar-refractivity contribution in [1.82, 2.24) is 0 Å². The molecule has 0 aliphatic carbocycles. The summed E-state index contributed by atoms with van der Waals surface area (Å²) in [6, 6.07) is 0. The Morgan fingerprint density at radius 1 is 0.620 bits per heavy atom. The van der Waals surface area contributed by atoms with Crippen molar-refractivity contribution in [3.8, 4) is 0 Å². The van der Waals surface area contributed by atoms with Crippen LogP contribution in [0.25, 0.3) is 0 Å². The maximum atomic E-state index is 12.7. The van der Waals surface area contributed by atoms with E-state index in [1.165, 1.54) is 19.3 Å². The number of allylic oxidation sites excluding steroid dienone is 2. The highest BCUT2D eigenvalue weighted by Gasteiger charge is 2.47. The zero-order chi connectivity index (χ0) is 36.9. The predicted octanol–water partition coefficient (Wildman–Crippen LogP) is 1.14. The van der Waals surface area contributed by atoms with Gasteiger partial charge in [-0.15, -0.1) is 0 Å². The summed E-state index contributed by atoms with van der Waals surface area (Å²) in [5, 5.41) is 71.1. The molecule has 11 unspecified atom stereocenters. The van der Waals surface area contributed by atoms with Gasteiger partial charge in [0, 0.05) is 12.8 Å². The molecule has 7 N–H and O–H groups in total. The van der Waals surface area contributed by atoms with E-state index in [2.05, 4.69) is 19.1 Å². The first-order chi connectivity index (χ1) is 24.0. The summed E-state index contributed by atoms with van der Waals surface area (Å²) < 4.78 is 32.9. The first kappa shape index (κ1) is 44.4. The number of esters is 2. The summed E-state index contributed by atoms with van der Waals surface area (Å²) in [6.45, 7) is 2.22. The SMILES string of the molecule is CCCCC/C=C\CCCCCCCC(=O)OC(COC(=O)CCCC)COC1OC(COC2OC(CO)C(O)C(O)C2O)C(O)C(O)C1O. The molecule has 0 radical (unpaired) electrons. The van der Waals surface area contributed by atoms with Crippen molar-refractivity contribution in [1.29, 1.82) is 0 Å². The molecule has 2 aliphatic rings. The van der Waals surface area contributed by atoms with Crippen LogP contribution in [-0.4, -0.2) is 142 Å². The standard InChI is InChI=1S/C35H62O15/c1-3-5-7-8-9-10-11-12-13-14-15-16-18-27(38)48-23(20-45-26(37)17-6-4-2)21-46-34-33(44)31(42)29(40)25(50-34)22-47-35-32(43)30(41)28(39)24(19-36)49-35/h9-10,23-25,28-36,39-44H,3-8,11-22H2,1-2H3/b10-9-. The average Bonchev–Trinajstić information content (AvgIpc) is 3.11. The normalized spacial score (nSPS) is 30.7. The third kappa shape index (κ3) is 15.9. The van der Waals surface area contributed by atoms with E-state index in [1.54, 1.807) is 0 Å². The number of unbranched alkanes of at least 4 members (excludes halogenated alkanes) is 9. The third-order valence-corrected chi connectivity index (χ3v) is 8.74. The minimum atomic E-state index is -1.76. The number of aliphatic hydroxyl groups excluding tert-OH is 7. The lowest BCUT2D eigenvalue weighted by molar-refractivity contribution is -0.332. The molecule has 15 heteroatoms. The van der Waals surface area contributed by atoms with E-state index in [9.17, 15) is 45.3 Å². The molecule has 0 bridgehead atoms. The first-order valence-corrected chi connectivity index (χ1v) is 18.3. The van der Waals surface area contributed by atoms with Gasteiger partial charge in [-0.2, -0.15) is 0 Å². The highest BCUT2D eigenvalue weighted by atomic mass is 16.7. The van der Waals surface area contributed by atoms with E-state index in [0.717, 1.165) is 44.9 Å². The molecule has 50 heavy (non-hydrogen) atoms. The molecule has 2 rings (SSSR count). The fourth-order valence-electron chi connectivity index (χ4n) is 5.54. The van der Waals surface area contributed by atoms with Crippen LogP contribution in [0, 0.1) is 0 Å². The predicted molar refractivity (Wildman–Crippen MR) is 178 cm³/mol. The van der Waals surface area contributed by atoms with Crippen molar-refractivity contribution in [2.24, 2.45) is 0 Å². The number of carbonyl (C=O) groups is 2. The monoisotopic (exact) mass is 722 g/mol. The van der Waals surface area contributed by atoms with E-state index in [1.807, 2.05) is 6.92 Å². The Morgan fingerprint density at radius 2 is 1.16 bits per heavy atom. The number of rotatable bonds is 25. The molecule has 0 aromatic rings. The van der Waals surface area contributed by atoms with Gasteiger partial charge in [-0.1, -0.05) is 64.5 Å².